The van der Waals surface area contributed by atoms with Gasteiger partial charge in [-0.2, -0.15) is 18.3 Å². The number of hydrogen-bond donors (Lipinski definition) is 0. The number of anilines is 2. The van der Waals surface area contributed by atoms with Crippen LogP contribution in [0.1, 0.15) is 30.0 Å². The number of rotatable bonds is 3. The van der Waals surface area contributed by atoms with Gasteiger partial charge in [0.05, 0.1) is 11.3 Å². The Morgan fingerprint density at radius 2 is 1.60 bits per heavy atom. The monoisotopic (exact) mass is 348 g/mol. The van der Waals surface area contributed by atoms with Crippen molar-refractivity contribution < 1.29 is 13.2 Å². The zero-order valence-electron chi connectivity index (χ0n) is 13.7. The van der Waals surface area contributed by atoms with Crippen molar-refractivity contribution in [2.45, 2.75) is 24.9 Å². The molecule has 1 saturated heterocycles. The summed E-state index contributed by atoms with van der Waals surface area (Å²) in [7, 11) is 0. The predicted octanol–water partition coefficient (Wildman–Crippen LogP) is 3.70. The summed E-state index contributed by atoms with van der Waals surface area (Å²) in [6, 6.07) is 9.57. The second-order valence-electron chi connectivity index (χ2n) is 6.61. The molecular formula is C18H19F3N4. The Balaban J connectivity index is 1.41. The van der Waals surface area contributed by atoms with Gasteiger partial charge in [-0.3, -0.25) is 0 Å². The van der Waals surface area contributed by atoms with Crippen molar-refractivity contribution in [3.05, 3.63) is 47.7 Å². The summed E-state index contributed by atoms with van der Waals surface area (Å²) in [6.45, 7) is 2.75. The van der Waals surface area contributed by atoms with E-state index in [-0.39, 0.29) is 0 Å². The highest BCUT2D eigenvalue weighted by atomic mass is 19.4. The van der Waals surface area contributed by atoms with Gasteiger partial charge in [0, 0.05) is 37.8 Å². The van der Waals surface area contributed by atoms with Gasteiger partial charge in [0.15, 0.2) is 5.82 Å². The Morgan fingerprint density at radius 3 is 2.20 bits per heavy atom. The third kappa shape index (κ3) is 3.55. The van der Waals surface area contributed by atoms with Gasteiger partial charge in [-0.1, -0.05) is 6.07 Å². The van der Waals surface area contributed by atoms with Crippen molar-refractivity contribution in [2.75, 3.05) is 36.0 Å². The summed E-state index contributed by atoms with van der Waals surface area (Å²) < 4.78 is 38.6. The Labute approximate surface area is 144 Å². The third-order valence-electron chi connectivity index (χ3n) is 4.81. The number of nitrogens with zero attached hydrogens (tertiary/aromatic N) is 4. The second-order valence-corrected chi connectivity index (χ2v) is 6.61. The first-order valence-electron chi connectivity index (χ1n) is 8.51. The summed E-state index contributed by atoms with van der Waals surface area (Å²) in [5, 5.41) is 8.62. The zero-order valence-corrected chi connectivity index (χ0v) is 13.7. The van der Waals surface area contributed by atoms with Gasteiger partial charge in [-0.15, -0.1) is 5.10 Å². The maximum absolute atomic E-state index is 12.9. The Kier molecular flexibility index (Phi) is 4.01. The molecule has 1 aromatic heterocycles. The lowest BCUT2D eigenvalue weighted by Gasteiger charge is -2.36. The number of benzene rings is 1. The number of hydrogen-bond acceptors (Lipinski definition) is 4. The standard InChI is InChI=1S/C18H19F3N4/c19-18(20,21)14-2-1-3-15(12-14)24-8-10-25(11-9-24)17-7-6-16(22-23-17)13-4-5-13/h1-3,6-7,12-13H,4-5,8-11H2. The molecule has 0 N–H and O–H groups in total. The zero-order chi connectivity index (χ0) is 17.4. The number of halogens is 3. The molecule has 2 aromatic rings. The highest BCUT2D eigenvalue weighted by Gasteiger charge is 2.31. The van der Waals surface area contributed by atoms with E-state index in [0.717, 1.165) is 17.6 Å². The van der Waals surface area contributed by atoms with Gasteiger partial charge in [0.25, 0.3) is 0 Å². The average Bonchev–Trinajstić information content (AvgIpc) is 3.47. The lowest BCUT2D eigenvalue weighted by molar-refractivity contribution is -0.137. The molecule has 0 bridgehead atoms. The van der Waals surface area contributed by atoms with Crippen molar-refractivity contribution in [3.63, 3.8) is 0 Å². The minimum absolute atomic E-state index is 0.583. The fourth-order valence-corrected chi connectivity index (χ4v) is 3.17. The highest BCUT2D eigenvalue weighted by Crippen LogP contribution is 2.38. The molecule has 0 radical (unpaired) electrons. The van der Waals surface area contributed by atoms with E-state index in [1.54, 1.807) is 6.07 Å². The lowest BCUT2D eigenvalue weighted by atomic mass is 10.1. The van der Waals surface area contributed by atoms with Crippen molar-refractivity contribution in [1.82, 2.24) is 10.2 Å². The molecule has 1 saturated carbocycles. The molecule has 4 nitrogen and oxygen atoms in total. The molecule has 25 heavy (non-hydrogen) atoms. The topological polar surface area (TPSA) is 32.3 Å². The molecule has 2 aliphatic rings. The minimum Gasteiger partial charge on any atom is -0.368 e. The van der Waals surface area contributed by atoms with Crippen LogP contribution < -0.4 is 9.80 Å². The molecule has 1 aliphatic heterocycles. The molecular weight excluding hydrogens is 329 g/mol. The van der Waals surface area contributed by atoms with E-state index in [2.05, 4.69) is 15.1 Å². The Bertz CT molecular complexity index is 733. The summed E-state index contributed by atoms with van der Waals surface area (Å²) >= 11 is 0. The van der Waals surface area contributed by atoms with Crippen LogP contribution in [-0.2, 0) is 6.18 Å². The molecule has 0 atom stereocenters. The fraction of sp³-hybridized carbons (Fsp3) is 0.444. The van der Waals surface area contributed by atoms with Crippen LogP contribution in [0.4, 0.5) is 24.7 Å². The summed E-state index contributed by atoms with van der Waals surface area (Å²) in [4.78, 5) is 4.12. The lowest BCUT2D eigenvalue weighted by Crippen LogP contribution is -2.47. The smallest absolute Gasteiger partial charge is 0.368 e. The first kappa shape index (κ1) is 16.2. The van der Waals surface area contributed by atoms with Crippen LogP contribution in [-0.4, -0.2) is 36.4 Å². The molecule has 2 heterocycles. The summed E-state index contributed by atoms with van der Waals surface area (Å²) in [6.07, 6.45) is -1.91. The van der Waals surface area contributed by atoms with Crippen LogP contribution in [0, 0.1) is 0 Å². The molecule has 132 valence electrons. The first-order valence-corrected chi connectivity index (χ1v) is 8.51. The normalized spacial score (nSPS) is 18.5. The molecule has 0 unspecified atom stereocenters. The number of aromatic nitrogens is 2. The molecule has 1 aromatic carbocycles. The van der Waals surface area contributed by atoms with E-state index in [4.69, 9.17) is 0 Å². The number of piperazine rings is 1. The second kappa shape index (κ2) is 6.20. The van der Waals surface area contributed by atoms with Crippen LogP contribution in [0.25, 0.3) is 0 Å². The van der Waals surface area contributed by atoms with E-state index in [9.17, 15) is 13.2 Å². The molecule has 7 heteroatoms. The van der Waals surface area contributed by atoms with Gasteiger partial charge in [-0.05, 0) is 43.2 Å². The van der Waals surface area contributed by atoms with Crippen LogP contribution in [0.5, 0.6) is 0 Å². The minimum atomic E-state index is -4.31. The van der Waals surface area contributed by atoms with Crippen LogP contribution in [0.15, 0.2) is 36.4 Å². The predicted molar refractivity (Wildman–Crippen MR) is 89.9 cm³/mol. The van der Waals surface area contributed by atoms with Crippen LogP contribution in [0.3, 0.4) is 0 Å². The molecule has 0 spiro atoms. The van der Waals surface area contributed by atoms with Gasteiger partial charge in [0.2, 0.25) is 0 Å². The average molecular weight is 348 g/mol. The number of alkyl halides is 3. The van der Waals surface area contributed by atoms with Crippen molar-refractivity contribution in [3.8, 4) is 0 Å². The van der Waals surface area contributed by atoms with Crippen molar-refractivity contribution >= 4 is 11.5 Å². The van der Waals surface area contributed by atoms with E-state index in [1.165, 1.54) is 25.0 Å². The van der Waals surface area contributed by atoms with Gasteiger partial charge < -0.3 is 9.80 Å². The SMILES string of the molecule is FC(F)(F)c1cccc(N2CCN(c3ccc(C4CC4)nn3)CC2)c1. The van der Waals surface area contributed by atoms with E-state index in [0.29, 0.717) is 37.8 Å². The van der Waals surface area contributed by atoms with Crippen LogP contribution in [0.2, 0.25) is 0 Å². The van der Waals surface area contributed by atoms with Crippen molar-refractivity contribution in [2.24, 2.45) is 0 Å². The van der Waals surface area contributed by atoms with E-state index < -0.39 is 11.7 Å². The largest absolute Gasteiger partial charge is 0.416 e. The molecule has 0 amide bonds. The third-order valence-corrected chi connectivity index (χ3v) is 4.81. The van der Waals surface area contributed by atoms with Gasteiger partial charge in [-0.25, -0.2) is 0 Å². The maximum Gasteiger partial charge on any atom is 0.416 e. The Morgan fingerprint density at radius 1 is 0.880 bits per heavy atom. The van der Waals surface area contributed by atoms with E-state index >= 15 is 0 Å². The fourth-order valence-electron chi connectivity index (χ4n) is 3.17. The van der Waals surface area contributed by atoms with Gasteiger partial charge >= 0.3 is 6.18 Å². The highest BCUT2D eigenvalue weighted by molar-refractivity contribution is 5.51. The molecule has 4 rings (SSSR count). The van der Waals surface area contributed by atoms with Crippen molar-refractivity contribution in [1.29, 1.82) is 0 Å². The molecule has 2 fully saturated rings. The maximum atomic E-state index is 12.9. The quantitative estimate of drug-likeness (QED) is 0.847. The summed E-state index contributed by atoms with van der Waals surface area (Å²) in [5.74, 6) is 1.42. The van der Waals surface area contributed by atoms with Gasteiger partial charge in [0.1, 0.15) is 0 Å². The van der Waals surface area contributed by atoms with E-state index in [1.807, 2.05) is 17.0 Å². The first-order chi connectivity index (χ1) is 12.0. The Hall–Kier alpha value is -2.31. The summed E-state index contributed by atoms with van der Waals surface area (Å²) in [5.41, 5.74) is 1.07. The molecule has 1 aliphatic carbocycles. The van der Waals surface area contributed by atoms with Crippen LogP contribution >= 0.6 is 0 Å².